The molecule has 5 heterocycles. The number of hydrogen-bond donors (Lipinski definition) is 2. The minimum Gasteiger partial charge on any atom is -0.378 e. The first-order chi connectivity index (χ1) is 21.6. The average molecular weight is 472 g/mol. The summed E-state index contributed by atoms with van der Waals surface area (Å²) in [6, 6.07) is 3.39. The van der Waals surface area contributed by atoms with Crippen LogP contribution in [0.25, 0.3) is 27.7 Å². The minimum atomic E-state index is -3.36. The van der Waals surface area contributed by atoms with Gasteiger partial charge in [0.2, 0.25) is 5.91 Å². The van der Waals surface area contributed by atoms with Crippen molar-refractivity contribution >= 4 is 39.6 Å². The number of nitrogens with zero attached hydrogens (tertiary/aromatic N) is 6. The smallest absolute Gasteiger partial charge is 0.228 e. The summed E-state index contributed by atoms with van der Waals surface area (Å²) in [5.41, 5.74) is -0.666. The van der Waals surface area contributed by atoms with E-state index in [1.807, 2.05) is 6.92 Å². The van der Waals surface area contributed by atoms with E-state index in [0.29, 0.717) is 6.42 Å². The lowest BCUT2D eigenvalue weighted by molar-refractivity contribution is -0.117. The molecule has 0 aromatic carbocycles. The van der Waals surface area contributed by atoms with E-state index in [1.54, 1.807) is 0 Å². The second kappa shape index (κ2) is 8.21. The minimum absolute atomic E-state index is 0.0229. The van der Waals surface area contributed by atoms with Crippen LogP contribution < -0.4 is 15.5 Å². The summed E-state index contributed by atoms with van der Waals surface area (Å²) in [5.74, 6) is -0.419. The Morgan fingerprint density at radius 3 is 2.97 bits per heavy atom. The van der Waals surface area contributed by atoms with E-state index in [1.165, 1.54) is 18.3 Å². The van der Waals surface area contributed by atoms with E-state index in [4.69, 9.17) is 17.8 Å². The Labute approximate surface area is 214 Å². The van der Waals surface area contributed by atoms with Crippen molar-refractivity contribution in [1.29, 1.82) is 0 Å². The fraction of sp³-hybridized carbons (Fsp3) is 0.375. The van der Waals surface area contributed by atoms with E-state index in [-0.39, 0.29) is 68.0 Å². The Kier molecular flexibility index (Phi) is 2.68. The molecule has 2 aliphatic rings. The fourth-order valence-corrected chi connectivity index (χ4v) is 3.69. The van der Waals surface area contributed by atoms with Crippen LogP contribution in [0.3, 0.4) is 0 Å². The van der Waals surface area contributed by atoms with Crippen molar-refractivity contribution < 1.29 is 27.4 Å². The van der Waals surface area contributed by atoms with Gasteiger partial charge in [-0.1, -0.05) is 6.92 Å². The Hall–Kier alpha value is -3.79. The topological polar surface area (TPSA) is 110 Å². The van der Waals surface area contributed by atoms with Crippen molar-refractivity contribution in [3.05, 3.63) is 36.6 Å². The van der Waals surface area contributed by atoms with Gasteiger partial charge >= 0.3 is 0 Å². The number of amides is 1. The van der Waals surface area contributed by atoms with Crippen LogP contribution in [0.5, 0.6) is 0 Å². The Bertz CT molecular complexity index is 1920. The van der Waals surface area contributed by atoms with Gasteiger partial charge in [0.05, 0.1) is 49.9 Å². The second-order valence-corrected chi connectivity index (χ2v) is 7.91. The number of rotatable bonds is 5. The number of ether oxygens (including phenoxy) is 1. The van der Waals surface area contributed by atoms with Crippen LogP contribution in [0, 0.1) is 11.8 Å². The van der Waals surface area contributed by atoms with Gasteiger partial charge in [-0.3, -0.25) is 4.79 Å². The van der Waals surface area contributed by atoms with Crippen LogP contribution >= 0.6 is 0 Å². The van der Waals surface area contributed by atoms with Crippen molar-refractivity contribution in [1.82, 2.24) is 24.8 Å². The van der Waals surface area contributed by atoms with E-state index in [0.717, 1.165) is 10.6 Å². The molecule has 10 heteroatoms. The SMILES string of the molecule is [2H]c1c(-c2cnc(NC([2H])([2H])[2H])c3nnc(NC(=O)[C@H]4C[C@H]4C)cc23)nn2c([2H])c(N3C([2H])([2H])C([2H])([2H])OC([2H])([2H])C3([2H])[2H])ccc12. The molecule has 4 aromatic rings. The highest BCUT2D eigenvalue weighted by molar-refractivity contribution is 6.01. The number of pyridine rings is 2. The number of carbonyl (C=O) groups excluding carboxylic acids is 1. The molecule has 1 saturated heterocycles. The maximum Gasteiger partial charge on any atom is 0.228 e. The first-order valence-corrected chi connectivity index (χ1v) is 10.3. The zero-order valence-corrected chi connectivity index (χ0v) is 17.7. The van der Waals surface area contributed by atoms with Gasteiger partial charge in [0.15, 0.2) is 11.6 Å². The van der Waals surface area contributed by atoms with E-state index in [2.05, 4.69) is 35.7 Å². The van der Waals surface area contributed by atoms with Crippen LogP contribution in [0.4, 0.5) is 17.3 Å². The van der Waals surface area contributed by atoms with Crippen LogP contribution in [0.1, 0.15) is 31.2 Å². The number of aromatic nitrogens is 5. The second-order valence-electron chi connectivity index (χ2n) is 7.91. The molecule has 2 N–H and O–H groups in total. The van der Waals surface area contributed by atoms with Crippen LogP contribution in [0.15, 0.2) is 36.6 Å². The summed E-state index contributed by atoms with van der Waals surface area (Å²) >= 11 is 0. The third-order valence-electron chi connectivity index (χ3n) is 5.65. The van der Waals surface area contributed by atoms with Gasteiger partial charge in [-0.2, -0.15) is 5.10 Å². The number of anilines is 3. The number of fused-ring (bicyclic) bond motifs is 2. The summed E-state index contributed by atoms with van der Waals surface area (Å²) in [7, 11) is 0. The van der Waals surface area contributed by atoms with Crippen molar-refractivity contribution in [3.63, 3.8) is 0 Å². The highest BCUT2D eigenvalue weighted by Crippen LogP contribution is 2.38. The monoisotopic (exact) mass is 471 g/mol. The van der Waals surface area contributed by atoms with Gasteiger partial charge in [-0.15, -0.1) is 10.2 Å². The molecule has 2 atom stereocenters. The third-order valence-corrected chi connectivity index (χ3v) is 5.65. The summed E-state index contributed by atoms with van der Waals surface area (Å²) in [6.45, 7) is -14.1. The van der Waals surface area contributed by atoms with Gasteiger partial charge in [0.25, 0.3) is 0 Å². The number of hydrogen-bond acceptors (Lipinski definition) is 8. The maximum atomic E-state index is 12.6. The largest absolute Gasteiger partial charge is 0.378 e. The maximum absolute atomic E-state index is 12.6. The number of carbonyl (C=O) groups is 1. The third kappa shape index (κ3) is 3.69. The molecule has 1 amide bonds. The van der Waals surface area contributed by atoms with E-state index >= 15 is 0 Å². The summed E-state index contributed by atoms with van der Waals surface area (Å²) in [6.07, 6.45) is 1.20. The molecule has 1 saturated carbocycles. The first kappa shape index (κ1) is 11.1. The lowest BCUT2D eigenvalue weighted by Crippen LogP contribution is -2.36. The van der Waals surface area contributed by atoms with Crippen molar-refractivity contribution in [2.45, 2.75) is 13.3 Å². The molecular weight excluding hydrogens is 432 g/mol. The summed E-state index contributed by atoms with van der Waals surface area (Å²) < 4.78 is 111. The van der Waals surface area contributed by atoms with Gasteiger partial charge in [-0.05, 0) is 36.6 Å². The van der Waals surface area contributed by atoms with Crippen LogP contribution in [-0.2, 0) is 9.53 Å². The Balaban J connectivity index is 1.52. The lowest BCUT2D eigenvalue weighted by atomic mass is 10.1. The molecule has 1 aliphatic carbocycles. The van der Waals surface area contributed by atoms with E-state index < -0.39 is 44.9 Å². The molecule has 0 unspecified atom stereocenters. The van der Waals surface area contributed by atoms with Gasteiger partial charge in [-0.25, -0.2) is 9.50 Å². The zero-order chi connectivity index (χ0) is 34.6. The Morgan fingerprint density at radius 1 is 1.32 bits per heavy atom. The number of nitrogens with one attached hydrogen (secondary N) is 2. The molecule has 2 fully saturated rings. The quantitative estimate of drug-likeness (QED) is 0.457. The predicted molar refractivity (Wildman–Crippen MR) is 130 cm³/mol. The number of morpholine rings is 1. The van der Waals surface area contributed by atoms with Gasteiger partial charge in [0.1, 0.15) is 5.52 Å². The van der Waals surface area contributed by atoms with Crippen LogP contribution in [-0.4, -0.2) is 63.8 Å². The highest BCUT2D eigenvalue weighted by Gasteiger charge is 2.39. The first-order valence-electron chi connectivity index (χ1n) is 16.8. The van der Waals surface area contributed by atoms with E-state index in [9.17, 15) is 4.79 Å². The van der Waals surface area contributed by atoms with Crippen molar-refractivity contribution in [3.8, 4) is 11.3 Å². The van der Waals surface area contributed by atoms with Crippen LogP contribution in [0.2, 0.25) is 0 Å². The molecular formula is C24H26N8O2. The zero-order valence-electron chi connectivity index (χ0n) is 30.7. The van der Waals surface area contributed by atoms with Gasteiger partial charge < -0.3 is 20.3 Å². The summed E-state index contributed by atoms with van der Waals surface area (Å²) in [4.78, 5) is 16.9. The molecule has 0 spiro atoms. The predicted octanol–water partition coefficient (Wildman–Crippen LogP) is 2.81. The summed E-state index contributed by atoms with van der Waals surface area (Å²) in [5, 5.41) is 17.6. The molecule has 6 rings (SSSR count). The fourth-order valence-electron chi connectivity index (χ4n) is 3.69. The van der Waals surface area contributed by atoms with Crippen molar-refractivity contribution in [2.75, 3.05) is 48.6 Å². The highest BCUT2D eigenvalue weighted by atomic mass is 16.5. The standard InChI is InChI=1S/C24H26N8O2/c1-14-9-17(14)24(33)27-21-11-18-19(12-26-23(25-2)22(18)29-28-21)20-10-15-3-4-16(13-32(15)30-20)31-5-7-34-8-6-31/h3-4,10-14,17H,5-9H2,1-2H3,(H,25,26)(H,27,28,33)/t14-,17+/m1/s1/i2D3,5D2,6D2,7D2,8D2,10D,13D. The molecule has 0 bridgehead atoms. The van der Waals surface area contributed by atoms with Crippen molar-refractivity contribution in [2.24, 2.45) is 11.8 Å². The molecule has 34 heavy (non-hydrogen) atoms. The normalized spacial score (nSPS) is 31.9. The molecule has 10 nitrogen and oxygen atoms in total. The molecule has 174 valence electrons. The molecule has 1 aliphatic heterocycles. The molecule has 0 radical (unpaired) electrons. The average Bonchev–Trinajstić information content (AvgIpc) is 3.58. The Morgan fingerprint density at radius 2 is 2.18 bits per heavy atom. The molecule has 4 aromatic heterocycles. The van der Waals surface area contributed by atoms with Gasteiger partial charge in [0, 0.05) is 47.1 Å². The lowest BCUT2D eigenvalue weighted by Gasteiger charge is -2.28.